The van der Waals surface area contributed by atoms with Gasteiger partial charge in [0.25, 0.3) is 0 Å². The van der Waals surface area contributed by atoms with Gasteiger partial charge in [-0.15, -0.1) is 24.0 Å². The summed E-state index contributed by atoms with van der Waals surface area (Å²) >= 11 is 0. The second kappa shape index (κ2) is 11.9. The SMILES string of the molecule is CCNC(=NCc1oc2ccc(F)cc2c1C)NCCC(=O)N(CC)CC.I. The summed E-state index contributed by atoms with van der Waals surface area (Å²) in [5.41, 5.74) is 1.54. The number of hydrogen-bond donors (Lipinski definition) is 2. The summed E-state index contributed by atoms with van der Waals surface area (Å²) in [5.74, 6) is 1.16. The molecule has 0 fully saturated rings. The Bertz CT molecular complexity index is 803. The molecule has 0 radical (unpaired) electrons. The van der Waals surface area contributed by atoms with Gasteiger partial charge in [0.2, 0.25) is 5.91 Å². The molecule has 1 aromatic heterocycles. The van der Waals surface area contributed by atoms with Crippen molar-refractivity contribution in [3.8, 4) is 0 Å². The van der Waals surface area contributed by atoms with Crippen LogP contribution in [0.25, 0.3) is 11.0 Å². The maximum Gasteiger partial charge on any atom is 0.224 e. The van der Waals surface area contributed by atoms with E-state index in [2.05, 4.69) is 15.6 Å². The van der Waals surface area contributed by atoms with Crippen molar-refractivity contribution in [3.05, 3.63) is 35.3 Å². The number of carbonyl (C=O) groups excluding carboxylic acids is 1. The number of fused-ring (bicyclic) bond motifs is 1. The Balaban J connectivity index is 0.00000392. The molecule has 0 saturated carbocycles. The van der Waals surface area contributed by atoms with Crippen LogP contribution in [0.4, 0.5) is 4.39 Å². The third-order valence-electron chi connectivity index (χ3n) is 4.47. The van der Waals surface area contributed by atoms with Gasteiger partial charge in [-0.1, -0.05) is 0 Å². The number of halogens is 2. The fourth-order valence-electron chi connectivity index (χ4n) is 2.91. The zero-order chi connectivity index (χ0) is 19.8. The van der Waals surface area contributed by atoms with E-state index >= 15 is 0 Å². The molecule has 2 aromatic rings. The first-order valence-corrected chi connectivity index (χ1v) is 9.47. The standard InChI is InChI=1S/C20H29FN4O2.HI/c1-5-22-20(23-11-10-19(26)25(6-2)7-3)24-13-18-14(4)16-12-15(21)8-9-17(16)27-18;/h8-9,12H,5-7,10-11,13H2,1-4H3,(H2,22,23,24);1H. The number of guanidine groups is 1. The summed E-state index contributed by atoms with van der Waals surface area (Å²) in [6.45, 7) is 10.8. The van der Waals surface area contributed by atoms with Crippen LogP contribution in [-0.2, 0) is 11.3 Å². The maximum atomic E-state index is 13.4. The smallest absolute Gasteiger partial charge is 0.224 e. The first-order chi connectivity index (χ1) is 13.0. The molecule has 0 aliphatic rings. The molecule has 0 aliphatic carbocycles. The number of aryl methyl sites for hydroxylation is 1. The third-order valence-corrected chi connectivity index (χ3v) is 4.47. The van der Waals surface area contributed by atoms with Crippen molar-refractivity contribution >= 4 is 46.8 Å². The highest BCUT2D eigenvalue weighted by Crippen LogP contribution is 2.26. The van der Waals surface area contributed by atoms with Gasteiger partial charge in [0.1, 0.15) is 23.7 Å². The fourth-order valence-corrected chi connectivity index (χ4v) is 2.91. The Morgan fingerprint density at radius 3 is 2.57 bits per heavy atom. The van der Waals surface area contributed by atoms with E-state index < -0.39 is 0 Å². The second-order valence-corrected chi connectivity index (χ2v) is 6.23. The minimum Gasteiger partial charge on any atom is -0.459 e. The quantitative estimate of drug-likeness (QED) is 0.326. The number of benzene rings is 1. The van der Waals surface area contributed by atoms with Gasteiger partial charge in [0.05, 0.1) is 0 Å². The number of furan rings is 1. The third kappa shape index (κ3) is 6.35. The molecule has 28 heavy (non-hydrogen) atoms. The van der Waals surface area contributed by atoms with E-state index in [0.717, 1.165) is 24.0 Å². The molecule has 0 saturated heterocycles. The zero-order valence-electron chi connectivity index (χ0n) is 17.0. The highest BCUT2D eigenvalue weighted by molar-refractivity contribution is 14.0. The van der Waals surface area contributed by atoms with E-state index in [0.29, 0.717) is 43.4 Å². The zero-order valence-corrected chi connectivity index (χ0v) is 19.3. The van der Waals surface area contributed by atoms with Gasteiger partial charge >= 0.3 is 0 Å². The van der Waals surface area contributed by atoms with Crippen molar-refractivity contribution in [2.75, 3.05) is 26.2 Å². The summed E-state index contributed by atoms with van der Waals surface area (Å²) in [6.07, 6.45) is 0.412. The van der Waals surface area contributed by atoms with Crippen LogP contribution in [0.5, 0.6) is 0 Å². The highest BCUT2D eigenvalue weighted by Gasteiger charge is 2.12. The number of nitrogens with zero attached hydrogens (tertiary/aromatic N) is 2. The summed E-state index contributed by atoms with van der Waals surface area (Å²) in [5, 5.41) is 7.10. The Hall–Kier alpha value is -1.84. The molecule has 156 valence electrons. The predicted octanol–water partition coefficient (Wildman–Crippen LogP) is 3.81. The number of aliphatic imine (C=N–C) groups is 1. The van der Waals surface area contributed by atoms with Gasteiger partial charge in [0.15, 0.2) is 5.96 Å². The van der Waals surface area contributed by atoms with Crippen molar-refractivity contribution in [1.82, 2.24) is 15.5 Å². The predicted molar refractivity (Wildman–Crippen MR) is 122 cm³/mol. The van der Waals surface area contributed by atoms with Crippen LogP contribution in [0.1, 0.15) is 38.5 Å². The van der Waals surface area contributed by atoms with E-state index in [9.17, 15) is 9.18 Å². The summed E-state index contributed by atoms with van der Waals surface area (Å²) in [6, 6.07) is 4.49. The lowest BCUT2D eigenvalue weighted by molar-refractivity contribution is -0.130. The van der Waals surface area contributed by atoms with E-state index in [1.165, 1.54) is 12.1 Å². The van der Waals surface area contributed by atoms with Crippen LogP contribution >= 0.6 is 24.0 Å². The molecule has 0 bridgehead atoms. The summed E-state index contributed by atoms with van der Waals surface area (Å²) in [4.78, 5) is 18.4. The summed E-state index contributed by atoms with van der Waals surface area (Å²) in [7, 11) is 0. The molecule has 0 unspecified atom stereocenters. The number of amides is 1. The Labute approximate surface area is 183 Å². The molecule has 6 nitrogen and oxygen atoms in total. The van der Waals surface area contributed by atoms with Crippen molar-refractivity contribution in [1.29, 1.82) is 0 Å². The monoisotopic (exact) mass is 504 g/mol. The van der Waals surface area contributed by atoms with Crippen LogP contribution in [0.3, 0.4) is 0 Å². The Kier molecular flexibility index (Phi) is 10.3. The first-order valence-electron chi connectivity index (χ1n) is 9.47. The minimum absolute atomic E-state index is 0. The molecule has 2 N–H and O–H groups in total. The van der Waals surface area contributed by atoms with Crippen molar-refractivity contribution in [2.24, 2.45) is 4.99 Å². The van der Waals surface area contributed by atoms with Crippen LogP contribution in [0, 0.1) is 12.7 Å². The van der Waals surface area contributed by atoms with E-state index in [1.54, 1.807) is 6.07 Å². The van der Waals surface area contributed by atoms with Gasteiger partial charge in [-0.3, -0.25) is 4.79 Å². The van der Waals surface area contributed by atoms with Crippen LogP contribution in [-0.4, -0.2) is 42.9 Å². The van der Waals surface area contributed by atoms with Crippen LogP contribution in [0.15, 0.2) is 27.6 Å². The molecule has 0 spiro atoms. The van der Waals surface area contributed by atoms with Crippen LogP contribution in [0.2, 0.25) is 0 Å². The van der Waals surface area contributed by atoms with E-state index in [1.807, 2.05) is 32.6 Å². The van der Waals surface area contributed by atoms with Crippen molar-refractivity contribution < 1.29 is 13.6 Å². The lowest BCUT2D eigenvalue weighted by atomic mass is 10.1. The molecule has 2 rings (SSSR count). The van der Waals surface area contributed by atoms with Gasteiger partial charge in [-0.25, -0.2) is 9.38 Å². The van der Waals surface area contributed by atoms with Gasteiger partial charge in [-0.05, 0) is 45.9 Å². The molecule has 0 aliphatic heterocycles. The first kappa shape index (κ1) is 24.2. The topological polar surface area (TPSA) is 69.9 Å². The van der Waals surface area contributed by atoms with Gasteiger partial charge in [-0.2, -0.15) is 0 Å². The molecule has 8 heteroatoms. The number of carbonyl (C=O) groups is 1. The Morgan fingerprint density at radius 1 is 1.21 bits per heavy atom. The second-order valence-electron chi connectivity index (χ2n) is 6.23. The van der Waals surface area contributed by atoms with E-state index in [4.69, 9.17) is 4.42 Å². The average Bonchev–Trinajstić information content (AvgIpc) is 2.96. The molecular formula is C20H30FIN4O2. The largest absolute Gasteiger partial charge is 0.459 e. The number of rotatable bonds is 8. The normalized spacial score (nSPS) is 11.2. The van der Waals surface area contributed by atoms with Crippen LogP contribution < -0.4 is 10.6 Å². The molecule has 1 amide bonds. The number of hydrogen-bond acceptors (Lipinski definition) is 3. The fraction of sp³-hybridized carbons (Fsp3) is 0.500. The van der Waals surface area contributed by atoms with Gasteiger partial charge in [0, 0.05) is 43.5 Å². The maximum absolute atomic E-state index is 13.4. The van der Waals surface area contributed by atoms with Gasteiger partial charge < -0.3 is 20.0 Å². The Morgan fingerprint density at radius 2 is 1.93 bits per heavy atom. The molecule has 1 heterocycles. The lowest BCUT2D eigenvalue weighted by Gasteiger charge is -2.19. The average molecular weight is 504 g/mol. The number of nitrogens with one attached hydrogen (secondary N) is 2. The molecule has 0 atom stereocenters. The molecular weight excluding hydrogens is 474 g/mol. The highest BCUT2D eigenvalue weighted by atomic mass is 127. The lowest BCUT2D eigenvalue weighted by Crippen LogP contribution is -2.40. The minimum atomic E-state index is -0.283. The van der Waals surface area contributed by atoms with Crippen molar-refractivity contribution in [2.45, 2.75) is 40.7 Å². The summed E-state index contributed by atoms with van der Waals surface area (Å²) < 4.78 is 19.2. The molecule has 1 aromatic carbocycles. The van der Waals surface area contributed by atoms with E-state index in [-0.39, 0.29) is 35.7 Å². The van der Waals surface area contributed by atoms with Crippen molar-refractivity contribution in [3.63, 3.8) is 0 Å².